The number of amides is 1. The summed E-state index contributed by atoms with van der Waals surface area (Å²) in [6.07, 6.45) is -3.84. The molecule has 15 heteroatoms. The van der Waals surface area contributed by atoms with E-state index in [4.69, 9.17) is 16.3 Å². The Kier molecular flexibility index (Phi) is 9.33. The Balaban J connectivity index is 1.64. The van der Waals surface area contributed by atoms with E-state index in [9.17, 15) is 31.2 Å². The fourth-order valence-electron chi connectivity index (χ4n) is 4.81. The molecule has 1 N–H and O–H groups in total. The van der Waals surface area contributed by atoms with Crippen molar-refractivity contribution in [1.82, 2.24) is 19.8 Å². The fourth-order valence-corrected chi connectivity index (χ4v) is 6.11. The van der Waals surface area contributed by atoms with Gasteiger partial charge in [0.2, 0.25) is 0 Å². The first-order valence-electron chi connectivity index (χ1n) is 13.4. The summed E-state index contributed by atoms with van der Waals surface area (Å²) in [5, 5.41) is 2.88. The third kappa shape index (κ3) is 8.39. The molecule has 1 saturated heterocycles. The first kappa shape index (κ1) is 32.6. The van der Waals surface area contributed by atoms with Gasteiger partial charge in [0.1, 0.15) is 11.4 Å². The van der Waals surface area contributed by atoms with Crippen molar-refractivity contribution in [3.05, 3.63) is 63.2 Å². The van der Waals surface area contributed by atoms with E-state index in [1.807, 2.05) is 4.90 Å². The van der Waals surface area contributed by atoms with Crippen LogP contribution in [0.1, 0.15) is 45.2 Å². The number of ether oxygens (including phenoxy) is 2. The van der Waals surface area contributed by atoms with E-state index in [2.05, 4.69) is 15.0 Å². The number of rotatable bonds is 8. The first-order valence-corrected chi connectivity index (χ1v) is 15.5. The lowest BCUT2D eigenvalue weighted by Crippen LogP contribution is -2.40. The van der Waals surface area contributed by atoms with Crippen molar-refractivity contribution in [3.63, 3.8) is 0 Å². The monoisotopic (exact) mass is 644 g/mol. The van der Waals surface area contributed by atoms with E-state index < -0.39 is 39.2 Å². The minimum absolute atomic E-state index is 0.00656. The Morgan fingerprint density at radius 3 is 2.51 bits per heavy atom. The van der Waals surface area contributed by atoms with Crippen LogP contribution in [-0.4, -0.2) is 65.8 Å². The van der Waals surface area contributed by atoms with E-state index in [0.29, 0.717) is 19.5 Å². The quantitative estimate of drug-likeness (QED) is 0.368. The predicted octanol–water partition coefficient (Wildman–Crippen LogP) is 4.89. The summed E-state index contributed by atoms with van der Waals surface area (Å²) >= 11 is 6.09. The van der Waals surface area contributed by atoms with Gasteiger partial charge in [-0.25, -0.2) is 18.2 Å². The highest BCUT2D eigenvalue weighted by atomic mass is 35.5. The zero-order valence-corrected chi connectivity index (χ0v) is 25.6. The van der Waals surface area contributed by atoms with Gasteiger partial charge >= 0.3 is 12.5 Å². The summed E-state index contributed by atoms with van der Waals surface area (Å²) in [6.45, 7) is 7.36. The van der Waals surface area contributed by atoms with Crippen molar-refractivity contribution in [2.24, 2.45) is 0 Å². The van der Waals surface area contributed by atoms with Gasteiger partial charge in [-0.2, -0.15) is 0 Å². The first-order chi connectivity index (χ1) is 19.9. The second kappa shape index (κ2) is 12.3. The molecule has 1 amide bonds. The number of sulfone groups is 1. The molecule has 1 aliphatic heterocycles. The van der Waals surface area contributed by atoms with Gasteiger partial charge in [0.25, 0.3) is 5.56 Å². The lowest BCUT2D eigenvalue weighted by Gasteiger charge is -2.22. The minimum Gasteiger partial charge on any atom is -0.444 e. The molecule has 0 spiro atoms. The molecule has 1 aliphatic rings. The third-order valence-electron chi connectivity index (χ3n) is 6.70. The molecule has 43 heavy (non-hydrogen) atoms. The van der Waals surface area contributed by atoms with Crippen molar-refractivity contribution in [2.75, 3.05) is 18.8 Å². The smallest absolute Gasteiger partial charge is 0.444 e. The number of hydrogen-bond donors (Lipinski definition) is 1. The lowest BCUT2D eigenvalue weighted by atomic mass is 10.1. The van der Waals surface area contributed by atoms with E-state index in [0.717, 1.165) is 10.6 Å². The Morgan fingerprint density at radius 1 is 1.14 bits per heavy atom. The zero-order chi connectivity index (χ0) is 31.7. The number of alkyl carbamates (subject to hydrolysis) is 1. The van der Waals surface area contributed by atoms with Crippen LogP contribution in [0.5, 0.6) is 5.75 Å². The van der Waals surface area contributed by atoms with Crippen LogP contribution in [0.25, 0.3) is 10.9 Å². The number of nitrogens with one attached hydrogen (secondary N) is 1. The number of nitrogens with zero attached hydrogens (tertiary/aromatic N) is 3. The van der Waals surface area contributed by atoms with Crippen LogP contribution >= 0.6 is 11.6 Å². The van der Waals surface area contributed by atoms with E-state index >= 15 is 0 Å². The Hall–Kier alpha value is -3.36. The number of benzene rings is 2. The number of hydrogen-bond acceptors (Lipinski definition) is 8. The van der Waals surface area contributed by atoms with Crippen LogP contribution in [0.15, 0.2) is 46.3 Å². The summed E-state index contributed by atoms with van der Waals surface area (Å²) in [5.74, 6) is -0.736. The predicted molar refractivity (Wildman–Crippen MR) is 154 cm³/mol. The van der Waals surface area contributed by atoms with Gasteiger partial charge in [-0.1, -0.05) is 18.5 Å². The molecular formula is C28H32ClF3N4O6S. The third-order valence-corrected chi connectivity index (χ3v) is 8.76. The van der Waals surface area contributed by atoms with Crippen LogP contribution in [-0.2, 0) is 27.7 Å². The van der Waals surface area contributed by atoms with Crippen molar-refractivity contribution >= 4 is 38.4 Å². The molecule has 1 aromatic heterocycles. The number of likely N-dealkylation sites (tertiary alicyclic amines) is 1. The maximum atomic E-state index is 13.4. The average molecular weight is 645 g/mol. The second-order valence-corrected chi connectivity index (χ2v) is 13.9. The van der Waals surface area contributed by atoms with Gasteiger partial charge < -0.3 is 14.8 Å². The van der Waals surface area contributed by atoms with Gasteiger partial charge in [0, 0.05) is 36.3 Å². The summed E-state index contributed by atoms with van der Waals surface area (Å²) in [4.78, 5) is 31.7. The summed E-state index contributed by atoms with van der Waals surface area (Å²) in [7, 11) is -3.66. The lowest BCUT2D eigenvalue weighted by molar-refractivity contribution is -0.274. The topological polar surface area (TPSA) is 120 Å². The fraction of sp³-hybridized carbons (Fsp3) is 0.464. The Bertz CT molecular complexity index is 1690. The van der Waals surface area contributed by atoms with Crippen LogP contribution in [0.2, 0.25) is 5.02 Å². The highest BCUT2D eigenvalue weighted by Crippen LogP contribution is 2.31. The standard InChI is InChI=1S/C28H32ClF3N4O6S/c1-5-43(39,40)24-7-6-19(29)10-18(24)14-36-16-33-22-11-17(23(41-28(30,31)32)12-21(22)25(36)37)13-35-9-8-20(15-35)34-26(38)42-27(2,3)4/h6-7,10-12,16,20H,5,8-9,13-15H2,1-4H3,(H,34,38)/t20-/m1/s1. The molecule has 0 aliphatic carbocycles. The van der Waals surface area contributed by atoms with Crippen molar-refractivity contribution in [1.29, 1.82) is 0 Å². The number of alkyl halides is 3. The number of carbonyl (C=O) groups is 1. The molecule has 2 aromatic carbocycles. The molecule has 0 saturated carbocycles. The van der Waals surface area contributed by atoms with E-state index in [1.54, 1.807) is 20.8 Å². The average Bonchev–Trinajstić information content (AvgIpc) is 3.30. The Labute approximate surface area is 251 Å². The molecule has 234 valence electrons. The maximum Gasteiger partial charge on any atom is 0.573 e. The van der Waals surface area contributed by atoms with Crippen molar-refractivity contribution in [2.45, 2.75) is 70.1 Å². The van der Waals surface area contributed by atoms with Gasteiger partial charge in [0.05, 0.1) is 34.4 Å². The highest BCUT2D eigenvalue weighted by molar-refractivity contribution is 7.91. The minimum atomic E-state index is -5.03. The number of aromatic nitrogens is 2. The largest absolute Gasteiger partial charge is 0.573 e. The summed E-state index contributed by atoms with van der Waals surface area (Å²) in [6, 6.07) is 6.29. The number of halogens is 4. The second-order valence-electron chi connectivity index (χ2n) is 11.2. The molecule has 0 radical (unpaired) electrons. The van der Waals surface area contributed by atoms with Crippen molar-refractivity contribution < 1.29 is 35.9 Å². The van der Waals surface area contributed by atoms with Gasteiger partial charge in [-0.05, 0) is 63.1 Å². The summed E-state index contributed by atoms with van der Waals surface area (Å²) < 4.78 is 76.1. The normalized spacial score (nSPS) is 16.4. The zero-order valence-electron chi connectivity index (χ0n) is 24.0. The van der Waals surface area contributed by atoms with Crippen LogP contribution < -0.4 is 15.6 Å². The molecule has 1 atom stereocenters. The van der Waals surface area contributed by atoms with Gasteiger partial charge in [-0.15, -0.1) is 13.2 Å². The van der Waals surface area contributed by atoms with Crippen LogP contribution in [0.3, 0.4) is 0 Å². The molecule has 2 heterocycles. The molecule has 10 nitrogen and oxygen atoms in total. The van der Waals surface area contributed by atoms with Crippen LogP contribution in [0.4, 0.5) is 18.0 Å². The Morgan fingerprint density at radius 2 is 1.86 bits per heavy atom. The molecule has 1 fully saturated rings. The van der Waals surface area contributed by atoms with E-state index in [1.165, 1.54) is 37.5 Å². The SMILES string of the molecule is CCS(=O)(=O)c1ccc(Cl)cc1Cn1cnc2cc(CN3CC[C@@H](NC(=O)OC(C)(C)C)C3)c(OC(F)(F)F)cc2c1=O. The number of fused-ring (bicyclic) bond motifs is 1. The molecular weight excluding hydrogens is 613 g/mol. The molecule has 4 rings (SSSR count). The summed E-state index contributed by atoms with van der Waals surface area (Å²) in [5.41, 5.74) is -0.831. The highest BCUT2D eigenvalue weighted by Gasteiger charge is 2.33. The molecule has 0 unspecified atom stereocenters. The van der Waals surface area contributed by atoms with Crippen molar-refractivity contribution in [3.8, 4) is 5.75 Å². The maximum absolute atomic E-state index is 13.4. The molecule has 3 aromatic rings. The molecule has 0 bridgehead atoms. The van der Waals surface area contributed by atoms with Gasteiger partial charge in [-0.3, -0.25) is 14.3 Å². The number of carbonyl (C=O) groups excluding carboxylic acids is 1. The van der Waals surface area contributed by atoms with E-state index in [-0.39, 0.29) is 56.8 Å². The van der Waals surface area contributed by atoms with Crippen LogP contribution in [0, 0.1) is 0 Å². The van der Waals surface area contributed by atoms with Gasteiger partial charge in [0.15, 0.2) is 9.84 Å².